The molecule has 0 saturated carbocycles. The molecule has 2 heterocycles. The normalized spacial score (nSPS) is 15.1. The van der Waals surface area contributed by atoms with Gasteiger partial charge in [0.1, 0.15) is 16.7 Å². The zero-order valence-electron chi connectivity index (χ0n) is 15.8. The molecule has 0 N–H and O–H groups in total. The molecule has 150 valence electrons. The van der Waals surface area contributed by atoms with Crippen molar-refractivity contribution >= 4 is 56.2 Å². The van der Waals surface area contributed by atoms with Crippen LogP contribution in [0.2, 0.25) is 0 Å². The first-order valence-electron chi connectivity index (χ1n) is 9.20. The molecule has 0 bridgehead atoms. The topological polar surface area (TPSA) is 42.4 Å². The Morgan fingerprint density at radius 1 is 1.07 bits per heavy atom. The summed E-state index contributed by atoms with van der Waals surface area (Å²) in [5, 5.41) is 0. The molecular weight excluding hydrogens is 480 g/mol. The van der Waals surface area contributed by atoms with Crippen molar-refractivity contribution in [3.63, 3.8) is 0 Å². The molecule has 4 nitrogen and oxygen atoms in total. The van der Waals surface area contributed by atoms with Crippen molar-refractivity contribution in [2.75, 3.05) is 0 Å². The van der Waals surface area contributed by atoms with E-state index in [1.165, 1.54) is 11.8 Å². The number of rotatable bonds is 6. The third-order valence-electron chi connectivity index (χ3n) is 4.43. The Morgan fingerprint density at radius 3 is 2.53 bits per heavy atom. The van der Waals surface area contributed by atoms with E-state index in [1.807, 2.05) is 66.7 Å². The van der Waals surface area contributed by atoms with Gasteiger partial charge in [-0.15, -0.1) is 0 Å². The highest BCUT2D eigenvalue weighted by molar-refractivity contribution is 9.10. The van der Waals surface area contributed by atoms with Crippen LogP contribution in [0.4, 0.5) is 0 Å². The molecule has 1 aliphatic heterocycles. The maximum Gasteiger partial charge on any atom is 0.266 e. The zero-order valence-corrected chi connectivity index (χ0v) is 19.0. The number of benzene rings is 2. The second-order valence-electron chi connectivity index (χ2n) is 6.61. The van der Waals surface area contributed by atoms with Gasteiger partial charge in [-0.05, 0) is 53.1 Å². The molecular formula is C23H17BrN2O2S2. The van der Waals surface area contributed by atoms with Gasteiger partial charge in [-0.2, -0.15) is 0 Å². The average molecular weight is 497 g/mol. The molecule has 4 rings (SSSR count). The Bertz CT molecular complexity index is 1080. The van der Waals surface area contributed by atoms with Crippen LogP contribution in [0.25, 0.3) is 6.08 Å². The van der Waals surface area contributed by atoms with Crippen LogP contribution >= 0.6 is 39.9 Å². The Labute approximate surface area is 193 Å². The summed E-state index contributed by atoms with van der Waals surface area (Å²) in [6, 6.07) is 19.5. The molecule has 0 unspecified atom stereocenters. The lowest BCUT2D eigenvalue weighted by Crippen LogP contribution is -2.27. The van der Waals surface area contributed by atoms with Gasteiger partial charge >= 0.3 is 0 Å². The standard InChI is InChI=1S/C23H17BrN2O2S2/c24-19-7-3-17(4-8-19)15-28-20-9-5-16(6-10-20)12-21-22(27)26(23(29)30-21)14-18-2-1-11-25-13-18/h1-13H,14-15H2. The predicted molar refractivity (Wildman–Crippen MR) is 128 cm³/mol. The largest absolute Gasteiger partial charge is 0.489 e. The van der Waals surface area contributed by atoms with Crippen molar-refractivity contribution in [2.45, 2.75) is 13.2 Å². The number of halogens is 1. The van der Waals surface area contributed by atoms with Gasteiger partial charge in [-0.3, -0.25) is 14.7 Å². The van der Waals surface area contributed by atoms with Gasteiger partial charge in [-0.25, -0.2) is 0 Å². The Kier molecular flexibility index (Phi) is 6.62. The summed E-state index contributed by atoms with van der Waals surface area (Å²) < 4.78 is 7.44. The summed E-state index contributed by atoms with van der Waals surface area (Å²) in [5.74, 6) is 0.698. The van der Waals surface area contributed by atoms with Crippen LogP contribution in [0.5, 0.6) is 5.75 Å². The van der Waals surface area contributed by atoms with Gasteiger partial charge in [0, 0.05) is 16.9 Å². The second-order valence-corrected chi connectivity index (χ2v) is 9.20. The number of carbonyl (C=O) groups is 1. The maximum atomic E-state index is 12.8. The fourth-order valence-corrected chi connectivity index (χ4v) is 4.39. The second kappa shape index (κ2) is 9.55. The number of hydrogen-bond donors (Lipinski definition) is 0. The van der Waals surface area contributed by atoms with E-state index >= 15 is 0 Å². The van der Waals surface area contributed by atoms with Gasteiger partial charge in [0.25, 0.3) is 5.91 Å². The molecule has 7 heteroatoms. The molecule has 30 heavy (non-hydrogen) atoms. The predicted octanol–water partition coefficient (Wildman–Crippen LogP) is 5.82. The van der Waals surface area contributed by atoms with E-state index in [0.29, 0.717) is 22.4 Å². The summed E-state index contributed by atoms with van der Waals surface area (Å²) in [5.41, 5.74) is 2.97. The summed E-state index contributed by atoms with van der Waals surface area (Å²) in [4.78, 5) is 19.1. The first-order valence-corrected chi connectivity index (χ1v) is 11.2. The minimum absolute atomic E-state index is 0.0792. The maximum absolute atomic E-state index is 12.8. The number of nitrogens with zero attached hydrogens (tertiary/aromatic N) is 2. The lowest BCUT2D eigenvalue weighted by molar-refractivity contribution is -0.122. The Morgan fingerprint density at radius 2 is 1.83 bits per heavy atom. The average Bonchev–Trinajstić information content (AvgIpc) is 3.02. The molecule has 1 saturated heterocycles. The number of pyridine rings is 1. The van der Waals surface area contributed by atoms with Crippen LogP contribution in [0.1, 0.15) is 16.7 Å². The quantitative estimate of drug-likeness (QED) is 0.317. The fraction of sp³-hybridized carbons (Fsp3) is 0.0870. The van der Waals surface area contributed by atoms with Crippen molar-refractivity contribution < 1.29 is 9.53 Å². The number of aromatic nitrogens is 1. The summed E-state index contributed by atoms with van der Waals surface area (Å²) in [6.07, 6.45) is 5.32. The van der Waals surface area contributed by atoms with E-state index in [4.69, 9.17) is 17.0 Å². The first-order chi connectivity index (χ1) is 14.6. The molecule has 0 aliphatic carbocycles. The monoisotopic (exact) mass is 496 g/mol. The molecule has 1 fully saturated rings. The molecule has 0 atom stereocenters. The fourth-order valence-electron chi connectivity index (χ4n) is 2.87. The molecule has 1 amide bonds. The van der Waals surface area contributed by atoms with Crippen LogP contribution in [0, 0.1) is 0 Å². The van der Waals surface area contributed by atoms with Crippen LogP contribution in [0.3, 0.4) is 0 Å². The third-order valence-corrected chi connectivity index (χ3v) is 6.34. The van der Waals surface area contributed by atoms with Gasteiger partial charge in [-0.1, -0.05) is 70.2 Å². The SMILES string of the molecule is O=C1C(=Cc2ccc(OCc3ccc(Br)cc3)cc2)SC(=S)N1Cc1cccnc1. The van der Waals surface area contributed by atoms with E-state index in [1.54, 1.807) is 17.3 Å². The van der Waals surface area contributed by atoms with Crippen molar-refractivity contribution in [2.24, 2.45) is 0 Å². The lowest BCUT2D eigenvalue weighted by Gasteiger charge is -2.13. The number of thiocarbonyl (C=S) groups is 1. The Hall–Kier alpha value is -2.48. The lowest BCUT2D eigenvalue weighted by atomic mass is 10.2. The molecule has 3 aromatic rings. The van der Waals surface area contributed by atoms with Gasteiger partial charge in [0.15, 0.2) is 0 Å². The minimum atomic E-state index is -0.0792. The van der Waals surface area contributed by atoms with Crippen LogP contribution in [-0.4, -0.2) is 20.1 Å². The van der Waals surface area contributed by atoms with Gasteiger partial charge < -0.3 is 4.74 Å². The number of amides is 1. The summed E-state index contributed by atoms with van der Waals surface area (Å²) in [6.45, 7) is 0.929. The zero-order chi connectivity index (χ0) is 20.9. The van der Waals surface area contributed by atoms with Gasteiger partial charge in [0.2, 0.25) is 0 Å². The molecule has 0 radical (unpaired) electrons. The van der Waals surface area contributed by atoms with Crippen LogP contribution < -0.4 is 4.74 Å². The molecule has 0 spiro atoms. The van der Waals surface area contributed by atoms with Crippen molar-refractivity contribution in [1.82, 2.24) is 9.88 Å². The van der Waals surface area contributed by atoms with E-state index in [2.05, 4.69) is 20.9 Å². The number of ether oxygens (including phenoxy) is 1. The molecule has 1 aromatic heterocycles. The minimum Gasteiger partial charge on any atom is -0.489 e. The van der Waals surface area contributed by atoms with Crippen molar-refractivity contribution in [1.29, 1.82) is 0 Å². The smallest absolute Gasteiger partial charge is 0.266 e. The highest BCUT2D eigenvalue weighted by Gasteiger charge is 2.31. The number of thioether (sulfide) groups is 1. The van der Waals surface area contributed by atoms with Crippen molar-refractivity contribution in [3.05, 3.63) is 99.1 Å². The number of carbonyl (C=O) groups excluding carboxylic acids is 1. The van der Waals surface area contributed by atoms with E-state index in [0.717, 1.165) is 26.9 Å². The number of hydrogen-bond acceptors (Lipinski definition) is 5. The third kappa shape index (κ3) is 5.16. The van der Waals surface area contributed by atoms with E-state index in [9.17, 15) is 4.79 Å². The summed E-state index contributed by atoms with van der Waals surface area (Å²) >= 11 is 10.2. The summed E-state index contributed by atoms with van der Waals surface area (Å²) in [7, 11) is 0. The Balaban J connectivity index is 1.40. The van der Waals surface area contributed by atoms with Crippen LogP contribution in [-0.2, 0) is 17.9 Å². The van der Waals surface area contributed by atoms with Crippen LogP contribution in [0.15, 0.2) is 82.4 Å². The highest BCUT2D eigenvalue weighted by Crippen LogP contribution is 2.33. The molecule has 1 aliphatic rings. The van der Waals surface area contributed by atoms with E-state index in [-0.39, 0.29) is 5.91 Å². The highest BCUT2D eigenvalue weighted by atomic mass is 79.9. The van der Waals surface area contributed by atoms with Gasteiger partial charge in [0.05, 0.1) is 11.4 Å². The molecule has 2 aromatic carbocycles. The van der Waals surface area contributed by atoms with E-state index < -0.39 is 0 Å². The first kappa shape index (κ1) is 20.8. The van der Waals surface area contributed by atoms with Crippen molar-refractivity contribution in [3.8, 4) is 5.75 Å².